The fourth-order valence-electron chi connectivity index (χ4n) is 3.50. The number of sulfonamides is 1. The second-order valence-corrected chi connectivity index (χ2v) is 10.4. The van der Waals surface area contributed by atoms with Gasteiger partial charge in [-0.25, -0.2) is 13.2 Å². The van der Waals surface area contributed by atoms with E-state index in [1.54, 1.807) is 0 Å². The number of esters is 1. The van der Waals surface area contributed by atoms with Crippen molar-refractivity contribution in [3.63, 3.8) is 0 Å². The first-order valence-corrected chi connectivity index (χ1v) is 12.4. The van der Waals surface area contributed by atoms with E-state index in [0.717, 1.165) is 29.7 Å². The number of nitrogens with one attached hydrogen (secondary N) is 2. The van der Waals surface area contributed by atoms with Crippen LogP contribution in [0.15, 0.2) is 53.4 Å². The zero-order valence-electron chi connectivity index (χ0n) is 17.0. The van der Waals surface area contributed by atoms with Crippen molar-refractivity contribution < 1.29 is 22.7 Å². The molecule has 0 atom stereocenters. The number of fused-ring (bicyclic) bond motifs is 1. The summed E-state index contributed by atoms with van der Waals surface area (Å²) in [6, 6.07) is 11.8. The lowest BCUT2D eigenvalue weighted by Gasteiger charge is -2.10. The lowest BCUT2D eigenvalue weighted by Crippen LogP contribution is -2.15. The molecular weight excluding hydrogens is 472 g/mol. The number of carbonyl (C=O) groups excluding carboxylic acids is 2. The summed E-state index contributed by atoms with van der Waals surface area (Å²) < 4.78 is 32.4. The van der Waals surface area contributed by atoms with Crippen LogP contribution in [-0.2, 0) is 27.6 Å². The first kappa shape index (κ1) is 22.3. The number of methoxy groups -OCH3 is 1. The molecule has 1 aliphatic carbocycles. The van der Waals surface area contributed by atoms with Crippen molar-refractivity contribution >= 4 is 55.5 Å². The minimum atomic E-state index is -3.79. The Balaban J connectivity index is 1.50. The maximum absolute atomic E-state index is 12.7. The summed E-state index contributed by atoms with van der Waals surface area (Å²) >= 11 is 7.20. The van der Waals surface area contributed by atoms with Gasteiger partial charge >= 0.3 is 5.97 Å². The highest BCUT2D eigenvalue weighted by Crippen LogP contribution is 2.39. The molecule has 1 aliphatic rings. The number of ether oxygens (including phenoxy) is 1. The minimum absolute atomic E-state index is 0.0739. The zero-order valence-corrected chi connectivity index (χ0v) is 19.4. The number of hydrogen-bond acceptors (Lipinski definition) is 6. The van der Waals surface area contributed by atoms with Crippen LogP contribution in [0, 0.1) is 0 Å². The van der Waals surface area contributed by atoms with E-state index >= 15 is 0 Å². The molecule has 0 unspecified atom stereocenters. The summed E-state index contributed by atoms with van der Waals surface area (Å²) in [5, 5.41) is 3.71. The van der Waals surface area contributed by atoms with Gasteiger partial charge in [-0.15, -0.1) is 11.3 Å². The van der Waals surface area contributed by atoms with Gasteiger partial charge in [0.05, 0.1) is 17.6 Å². The second-order valence-electron chi connectivity index (χ2n) is 7.14. The van der Waals surface area contributed by atoms with Crippen LogP contribution in [-0.4, -0.2) is 27.4 Å². The molecule has 4 rings (SSSR count). The van der Waals surface area contributed by atoms with Gasteiger partial charge in [0.25, 0.3) is 15.9 Å². The average molecular weight is 491 g/mol. The van der Waals surface area contributed by atoms with Crippen LogP contribution in [0.5, 0.6) is 0 Å². The molecule has 3 aromatic rings. The molecule has 0 saturated heterocycles. The standard InChI is InChI=1S/C22H19ClN2O5S2/c1-30-22(27)19-17-3-2-4-18(17)31-21(19)24-20(26)13-5-9-15(10-6-13)25-32(28,29)16-11-7-14(23)8-12-16/h5-12,25H,2-4H2,1H3,(H,24,26). The Kier molecular flexibility index (Phi) is 6.23. The Labute approximate surface area is 194 Å². The molecule has 7 nitrogen and oxygen atoms in total. The average Bonchev–Trinajstić information content (AvgIpc) is 3.34. The summed E-state index contributed by atoms with van der Waals surface area (Å²) in [6.45, 7) is 0. The zero-order chi connectivity index (χ0) is 22.9. The van der Waals surface area contributed by atoms with Crippen molar-refractivity contribution in [1.29, 1.82) is 0 Å². The fourth-order valence-corrected chi connectivity index (χ4v) is 5.96. The Morgan fingerprint density at radius 2 is 1.72 bits per heavy atom. The van der Waals surface area contributed by atoms with Crippen LogP contribution < -0.4 is 10.0 Å². The predicted molar refractivity (Wildman–Crippen MR) is 124 cm³/mol. The molecule has 0 saturated carbocycles. The topological polar surface area (TPSA) is 102 Å². The van der Waals surface area contributed by atoms with Crippen LogP contribution in [0.3, 0.4) is 0 Å². The highest BCUT2D eigenvalue weighted by atomic mass is 35.5. The van der Waals surface area contributed by atoms with Gasteiger partial charge in [0.2, 0.25) is 0 Å². The summed E-state index contributed by atoms with van der Waals surface area (Å²) in [5.41, 5.74) is 2.00. The van der Waals surface area contributed by atoms with Crippen molar-refractivity contribution in [2.45, 2.75) is 24.2 Å². The van der Waals surface area contributed by atoms with E-state index in [4.69, 9.17) is 16.3 Å². The third-order valence-electron chi connectivity index (χ3n) is 5.06. The maximum Gasteiger partial charge on any atom is 0.341 e. The van der Waals surface area contributed by atoms with E-state index in [-0.39, 0.29) is 4.90 Å². The number of rotatable bonds is 6. The quantitative estimate of drug-likeness (QED) is 0.486. The first-order valence-electron chi connectivity index (χ1n) is 9.71. The normalized spacial score (nSPS) is 12.8. The van der Waals surface area contributed by atoms with Gasteiger partial charge in [0.15, 0.2) is 0 Å². The van der Waals surface area contributed by atoms with E-state index < -0.39 is 21.9 Å². The fraction of sp³-hybridized carbons (Fsp3) is 0.182. The third-order valence-corrected chi connectivity index (χ3v) is 7.92. The number of aryl methyl sites for hydroxylation is 1. The van der Waals surface area contributed by atoms with E-state index in [9.17, 15) is 18.0 Å². The van der Waals surface area contributed by atoms with Gasteiger partial charge < -0.3 is 10.1 Å². The maximum atomic E-state index is 12.7. The Morgan fingerprint density at radius 3 is 2.38 bits per heavy atom. The number of amides is 1. The number of anilines is 2. The summed E-state index contributed by atoms with van der Waals surface area (Å²) in [7, 11) is -2.47. The van der Waals surface area contributed by atoms with Crippen LogP contribution in [0.25, 0.3) is 0 Å². The minimum Gasteiger partial charge on any atom is -0.465 e. The molecule has 2 N–H and O–H groups in total. The van der Waals surface area contributed by atoms with Crippen molar-refractivity contribution in [3.05, 3.63) is 75.1 Å². The van der Waals surface area contributed by atoms with E-state index in [2.05, 4.69) is 10.0 Å². The van der Waals surface area contributed by atoms with Crippen LogP contribution in [0.4, 0.5) is 10.7 Å². The number of benzene rings is 2. The van der Waals surface area contributed by atoms with Crippen LogP contribution in [0.1, 0.15) is 37.6 Å². The lowest BCUT2D eigenvalue weighted by atomic mass is 10.1. The summed E-state index contributed by atoms with van der Waals surface area (Å²) in [6.07, 6.45) is 2.64. The Hall–Kier alpha value is -2.88. The van der Waals surface area contributed by atoms with Crippen molar-refractivity contribution in [3.8, 4) is 0 Å². The van der Waals surface area contributed by atoms with E-state index in [1.807, 2.05) is 0 Å². The Morgan fingerprint density at radius 1 is 1.03 bits per heavy atom. The number of hydrogen-bond donors (Lipinski definition) is 2. The molecule has 0 radical (unpaired) electrons. The summed E-state index contributed by atoms with van der Waals surface area (Å²) in [4.78, 5) is 26.2. The van der Waals surface area contributed by atoms with Crippen molar-refractivity contribution in [1.82, 2.24) is 0 Å². The third kappa shape index (κ3) is 4.50. The molecule has 10 heteroatoms. The molecule has 0 fully saturated rings. The molecule has 0 bridgehead atoms. The van der Waals surface area contributed by atoms with Crippen LogP contribution >= 0.6 is 22.9 Å². The SMILES string of the molecule is COC(=O)c1c(NC(=O)c2ccc(NS(=O)(=O)c3ccc(Cl)cc3)cc2)sc2c1CCC2. The molecule has 1 aromatic heterocycles. The van der Waals surface area contributed by atoms with Crippen molar-refractivity contribution in [2.75, 3.05) is 17.1 Å². The molecule has 0 aliphatic heterocycles. The van der Waals surface area contributed by atoms with Crippen molar-refractivity contribution in [2.24, 2.45) is 0 Å². The highest BCUT2D eigenvalue weighted by Gasteiger charge is 2.28. The molecule has 32 heavy (non-hydrogen) atoms. The monoisotopic (exact) mass is 490 g/mol. The number of halogens is 1. The first-order chi connectivity index (χ1) is 15.3. The van der Waals surface area contributed by atoms with Gasteiger partial charge in [0.1, 0.15) is 5.00 Å². The highest BCUT2D eigenvalue weighted by molar-refractivity contribution is 7.92. The van der Waals surface area contributed by atoms with E-state index in [1.165, 1.54) is 67.0 Å². The second kappa shape index (κ2) is 8.93. The smallest absolute Gasteiger partial charge is 0.341 e. The van der Waals surface area contributed by atoms with Gasteiger partial charge in [-0.1, -0.05) is 11.6 Å². The molecule has 2 aromatic carbocycles. The number of carbonyl (C=O) groups is 2. The molecule has 1 heterocycles. The molecular formula is C22H19ClN2O5S2. The molecule has 1 amide bonds. The van der Waals surface area contributed by atoms with Crippen LogP contribution in [0.2, 0.25) is 5.02 Å². The predicted octanol–water partition coefficient (Wildman–Crippen LogP) is 4.73. The number of thiophene rings is 1. The van der Waals surface area contributed by atoms with Gasteiger partial charge in [-0.3, -0.25) is 9.52 Å². The molecule has 0 spiro atoms. The lowest BCUT2D eigenvalue weighted by molar-refractivity contribution is 0.0601. The van der Waals surface area contributed by atoms with E-state index in [0.29, 0.717) is 26.8 Å². The Bertz CT molecular complexity index is 1280. The van der Waals surface area contributed by atoms with Gasteiger partial charge in [0, 0.05) is 21.2 Å². The van der Waals surface area contributed by atoms with Gasteiger partial charge in [-0.2, -0.15) is 0 Å². The largest absolute Gasteiger partial charge is 0.465 e. The van der Waals surface area contributed by atoms with Gasteiger partial charge in [-0.05, 0) is 73.4 Å². The molecule has 166 valence electrons. The summed E-state index contributed by atoms with van der Waals surface area (Å²) in [5.74, 6) is -0.867.